The van der Waals surface area contributed by atoms with Gasteiger partial charge in [-0.15, -0.1) is 24.0 Å². The highest BCUT2D eigenvalue weighted by Crippen LogP contribution is 2.31. The first-order chi connectivity index (χ1) is 15.6. The second kappa shape index (κ2) is 12.7. The number of piperazine rings is 1. The van der Waals surface area contributed by atoms with Gasteiger partial charge in [0.15, 0.2) is 5.96 Å². The molecule has 3 saturated heterocycles. The van der Waals surface area contributed by atoms with Crippen molar-refractivity contribution in [2.45, 2.75) is 58.0 Å². The Balaban J connectivity index is 0.00000306. The highest BCUT2D eigenvalue weighted by Gasteiger charge is 2.39. The largest absolute Gasteiger partial charge is 0.361 e. The molecule has 33 heavy (non-hydrogen) atoms. The van der Waals surface area contributed by atoms with Crippen LogP contribution in [0.2, 0.25) is 0 Å². The number of hydrogen-bond acceptors (Lipinski definition) is 6. The minimum Gasteiger partial charge on any atom is -0.361 e. The molecule has 0 aromatic carbocycles. The maximum Gasteiger partial charge on any atom is 0.194 e. The van der Waals surface area contributed by atoms with Crippen LogP contribution >= 0.6 is 24.0 Å². The number of aromatic nitrogens is 1. The molecule has 0 atom stereocenters. The molecule has 3 aliphatic heterocycles. The quantitative estimate of drug-likeness (QED) is 0.319. The van der Waals surface area contributed by atoms with E-state index in [0.717, 1.165) is 63.2 Å². The van der Waals surface area contributed by atoms with Crippen molar-refractivity contribution in [3.05, 3.63) is 17.5 Å². The smallest absolute Gasteiger partial charge is 0.194 e. The lowest BCUT2D eigenvalue weighted by molar-refractivity contribution is 0.0205. The Labute approximate surface area is 217 Å². The number of aryl methyl sites for hydroxylation is 1. The van der Waals surface area contributed by atoms with E-state index in [4.69, 9.17) is 9.52 Å². The highest BCUT2D eigenvalue weighted by molar-refractivity contribution is 14.0. The average molecular weight is 574 g/mol. The Morgan fingerprint density at radius 2 is 1.76 bits per heavy atom. The summed E-state index contributed by atoms with van der Waals surface area (Å²) >= 11 is 0. The van der Waals surface area contributed by atoms with Crippen LogP contribution in [0, 0.1) is 6.92 Å². The predicted octanol–water partition coefficient (Wildman–Crippen LogP) is 2.63. The van der Waals surface area contributed by atoms with Gasteiger partial charge in [0.05, 0.1) is 12.2 Å². The number of likely N-dealkylation sites (tertiary alicyclic amines) is 2. The van der Waals surface area contributed by atoms with E-state index in [1.54, 1.807) is 0 Å². The van der Waals surface area contributed by atoms with Crippen LogP contribution in [0.4, 0.5) is 0 Å². The van der Waals surface area contributed by atoms with Gasteiger partial charge in [-0.2, -0.15) is 0 Å². The third-order valence-corrected chi connectivity index (χ3v) is 7.54. The van der Waals surface area contributed by atoms with Gasteiger partial charge in [-0.1, -0.05) is 11.6 Å². The van der Waals surface area contributed by atoms with E-state index in [-0.39, 0.29) is 29.5 Å². The van der Waals surface area contributed by atoms with Crippen molar-refractivity contribution in [1.82, 2.24) is 30.1 Å². The predicted molar refractivity (Wildman–Crippen MR) is 144 cm³/mol. The van der Waals surface area contributed by atoms with E-state index >= 15 is 0 Å². The zero-order valence-corrected chi connectivity index (χ0v) is 23.2. The molecule has 1 aromatic heterocycles. The Morgan fingerprint density at radius 3 is 2.36 bits per heavy atom. The number of piperidine rings is 2. The van der Waals surface area contributed by atoms with Gasteiger partial charge in [0, 0.05) is 50.9 Å². The zero-order chi connectivity index (χ0) is 22.4. The summed E-state index contributed by atoms with van der Waals surface area (Å²) in [5.74, 6) is 1.98. The van der Waals surface area contributed by atoms with Crippen molar-refractivity contribution >= 4 is 29.9 Å². The number of rotatable bonds is 6. The molecule has 0 unspecified atom stereocenters. The third kappa shape index (κ3) is 7.05. The lowest BCUT2D eigenvalue weighted by Crippen LogP contribution is -2.59. The Kier molecular flexibility index (Phi) is 10.3. The maximum atomic E-state index is 5.27. The molecule has 0 amide bonds. The molecule has 0 bridgehead atoms. The average Bonchev–Trinajstić information content (AvgIpc) is 3.23. The lowest BCUT2D eigenvalue weighted by atomic mass is 9.84. The first kappa shape index (κ1) is 26.7. The molecule has 1 N–H and O–H groups in total. The Hall–Kier alpha value is -0.910. The summed E-state index contributed by atoms with van der Waals surface area (Å²) in [6.07, 6.45) is 6.54. The van der Waals surface area contributed by atoms with Gasteiger partial charge in [-0.3, -0.25) is 14.8 Å². The van der Waals surface area contributed by atoms with Crippen molar-refractivity contribution < 1.29 is 4.52 Å². The molecule has 0 aliphatic carbocycles. The molecular formula is C24H44IN7O. The molecular weight excluding hydrogens is 529 g/mol. The van der Waals surface area contributed by atoms with Crippen LogP contribution in [0.1, 0.15) is 50.5 Å². The number of guanidine groups is 1. The summed E-state index contributed by atoms with van der Waals surface area (Å²) in [6.45, 7) is 15.7. The molecule has 3 aliphatic rings. The summed E-state index contributed by atoms with van der Waals surface area (Å²) in [4.78, 5) is 15.4. The number of aliphatic imine (C=N–C) groups is 1. The number of halogens is 1. The summed E-state index contributed by atoms with van der Waals surface area (Å²) in [6, 6.07) is 2.04. The van der Waals surface area contributed by atoms with Gasteiger partial charge in [-0.25, -0.2) is 0 Å². The zero-order valence-electron chi connectivity index (χ0n) is 20.9. The monoisotopic (exact) mass is 573 g/mol. The molecule has 8 nitrogen and oxygen atoms in total. The van der Waals surface area contributed by atoms with Crippen LogP contribution < -0.4 is 5.32 Å². The van der Waals surface area contributed by atoms with Crippen molar-refractivity contribution in [3.63, 3.8) is 0 Å². The van der Waals surface area contributed by atoms with Gasteiger partial charge in [0.25, 0.3) is 0 Å². The van der Waals surface area contributed by atoms with Crippen LogP contribution in [0.3, 0.4) is 0 Å². The van der Waals surface area contributed by atoms with E-state index in [1.165, 1.54) is 58.3 Å². The third-order valence-electron chi connectivity index (χ3n) is 7.54. The first-order valence-electron chi connectivity index (χ1n) is 12.7. The van der Waals surface area contributed by atoms with Crippen LogP contribution in [0.25, 0.3) is 0 Å². The summed E-state index contributed by atoms with van der Waals surface area (Å²) in [5, 5.41) is 7.75. The van der Waals surface area contributed by atoms with E-state index < -0.39 is 0 Å². The molecule has 4 rings (SSSR count). The normalized spacial score (nSPS) is 23.4. The standard InChI is InChI=1S/C24H43N7O.HI/c1-4-25-23(30-16-14-29(15-17-30)19-22-18-21(2)32-27-22)26-20-24(8-12-28(3)13-9-24)31-10-6-5-7-11-31;/h18H,4-17,19-20H2,1-3H3,(H,25,26);1H. The topological polar surface area (TPSA) is 63.4 Å². The van der Waals surface area contributed by atoms with Crippen LogP contribution in [-0.2, 0) is 6.54 Å². The molecule has 0 spiro atoms. The second-order valence-corrected chi connectivity index (χ2v) is 9.94. The van der Waals surface area contributed by atoms with E-state index in [0.29, 0.717) is 0 Å². The van der Waals surface area contributed by atoms with Crippen LogP contribution in [0.15, 0.2) is 15.6 Å². The SMILES string of the molecule is CCNC(=NCC1(N2CCCCC2)CCN(C)CC1)N1CCN(Cc2cc(C)on2)CC1.I. The van der Waals surface area contributed by atoms with Crippen LogP contribution in [0.5, 0.6) is 0 Å². The van der Waals surface area contributed by atoms with E-state index in [1.807, 2.05) is 13.0 Å². The molecule has 1 aromatic rings. The minimum absolute atomic E-state index is 0. The van der Waals surface area contributed by atoms with E-state index in [9.17, 15) is 0 Å². The number of hydrogen-bond donors (Lipinski definition) is 1. The van der Waals surface area contributed by atoms with Crippen molar-refractivity contribution in [2.75, 3.05) is 72.5 Å². The van der Waals surface area contributed by atoms with Crippen molar-refractivity contribution in [3.8, 4) is 0 Å². The molecule has 4 heterocycles. The molecule has 188 valence electrons. The van der Waals surface area contributed by atoms with Crippen LogP contribution in [-0.4, -0.2) is 109 Å². The highest BCUT2D eigenvalue weighted by atomic mass is 127. The first-order valence-corrected chi connectivity index (χ1v) is 12.7. The number of nitrogens with one attached hydrogen (secondary N) is 1. The van der Waals surface area contributed by atoms with Gasteiger partial charge in [0.2, 0.25) is 0 Å². The molecule has 3 fully saturated rings. The Morgan fingerprint density at radius 1 is 1.06 bits per heavy atom. The van der Waals surface area contributed by atoms with E-state index in [2.05, 4.69) is 44.0 Å². The number of nitrogens with zero attached hydrogens (tertiary/aromatic N) is 6. The Bertz CT molecular complexity index is 733. The van der Waals surface area contributed by atoms with Crippen molar-refractivity contribution in [1.29, 1.82) is 0 Å². The van der Waals surface area contributed by atoms with Crippen molar-refractivity contribution in [2.24, 2.45) is 4.99 Å². The maximum absolute atomic E-state index is 5.27. The lowest BCUT2D eigenvalue weighted by Gasteiger charge is -2.49. The van der Waals surface area contributed by atoms with Gasteiger partial charge in [-0.05, 0) is 72.8 Å². The van der Waals surface area contributed by atoms with Gasteiger partial charge >= 0.3 is 0 Å². The second-order valence-electron chi connectivity index (χ2n) is 9.94. The molecule has 0 radical (unpaired) electrons. The fourth-order valence-corrected chi connectivity index (χ4v) is 5.46. The fraction of sp³-hybridized carbons (Fsp3) is 0.833. The summed E-state index contributed by atoms with van der Waals surface area (Å²) < 4.78 is 5.23. The van der Waals surface area contributed by atoms with Gasteiger partial charge < -0.3 is 19.6 Å². The fourth-order valence-electron chi connectivity index (χ4n) is 5.46. The van der Waals surface area contributed by atoms with Gasteiger partial charge in [0.1, 0.15) is 5.76 Å². The summed E-state index contributed by atoms with van der Waals surface area (Å²) in [7, 11) is 2.26. The summed E-state index contributed by atoms with van der Waals surface area (Å²) in [5.41, 5.74) is 1.27. The molecule has 9 heteroatoms. The molecule has 0 saturated carbocycles. The minimum atomic E-state index is 0.